The molecule has 3 heterocycles. The summed E-state index contributed by atoms with van der Waals surface area (Å²) >= 11 is 3.60. The van der Waals surface area contributed by atoms with E-state index in [1.165, 1.54) is 4.90 Å². The fraction of sp³-hybridized carbons (Fsp3) is 0.450. The molecule has 1 aliphatic heterocycles. The summed E-state index contributed by atoms with van der Waals surface area (Å²) in [6.45, 7) is 2.86. The molecule has 3 aromatic rings. The third kappa shape index (κ3) is 2.78. The van der Waals surface area contributed by atoms with E-state index in [2.05, 4.69) is 20.9 Å². The van der Waals surface area contributed by atoms with E-state index in [1.807, 2.05) is 35.2 Å². The highest BCUT2D eigenvalue weighted by Gasteiger charge is 2.33. The van der Waals surface area contributed by atoms with E-state index >= 15 is 0 Å². The zero-order valence-electron chi connectivity index (χ0n) is 16.2. The van der Waals surface area contributed by atoms with E-state index in [1.54, 1.807) is 0 Å². The number of morpholine rings is 1. The highest BCUT2D eigenvalue weighted by atomic mass is 79.9. The smallest absolute Gasteiger partial charge is 0.407 e. The summed E-state index contributed by atoms with van der Waals surface area (Å²) in [6, 6.07) is 4.22. The number of rotatable bonds is 2. The zero-order valence-corrected chi connectivity index (χ0v) is 17.8. The molecule has 1 N–H and O–H groups in total. The lowest BCUT2D eigenvalue weighted by Crippen LogP contribution is -2.42. The number of halogens is 1. The maximum absolute atomic E-state index is 13.4. The molecule has 2 fully saturated rings. The van der Waals surface area contributed by atoms with Gasteiger partial charge in [0.25, 0.3) is 5.56 Å². The van der Waals surface area contributed by atoms with Gasteiger partial charge in [0.05, 0.1) is 24.2 Å². The molecule has 0 spiro atoms. The molecule has 2 aromatic heterocycles. The van der Waals surface area contributed by atoms with Gasteiger partial charge in [0.2, 0.25) is 0 Å². The van der Waals surface area contributed by atoms with E-state index in [4.69, 9.17) is 4.74 Å². The van der Waals surface area contributed by atoms with Crippen LogP contribution in [0.1, 0.15) is 36.4 Å². The van der Waals surface area contributed by atoms with Gasteiger partial charge in [0.1, 0.15) is 11.9 Å². The van der Waals surface area contributed by atoms with Crippen LogP contribution in [-0.4, -0.2) is 49.9 Å². The second-order valence-corrected chi connectivity index (χ2v) is 8.64. The SMILES string of the molecule is Cc1c(Br)ccc2c3c(nc([C@H]4CN(C(=O)O)CCO4)n3C)c(=O)n(C3CC3)c12. The number of imidazole rings is 1. The standard InChI is InChI=1S/C20H21BrN4O4/c1-10-13(21)6-5-12-16(10)25(11-3-4-11)19(26)15-17(12)23(2)18(22-15)14-9-24(20(27)28)7-8-29-14/h5-6,11,14H,3-4,7-9H2,1-2H3,(H,27,28)/t14-/m1/s1. The number of hydrogen-bond acceptors (Lipinski definition) is 4. The summed E-state index contributed by atoms with van der Waals surface area (Å²) in [5.41, 5.74) is 3.06. The molecule has 29 heavy (non-hydrogen) atoms. The molecular weight excluding hydrogens is 440 g/mol. The van der Waals surface area contributed by atoms with Crippen LogP contribution in [0.15, 0.2) is 21.4 Å². The van der Waals surface area contributed by atoms with Crippen molar-refractivity contribution in [3.63, 3.8) is 0 Å². The van der Waals surface area contributed by atoms with E-state index in [9.17, 15) is 14.7 Å². The summed E-state index contributed by atoms with van der Waals surface area (Å²) in [4.78, 5) is 30.8. The first-order chi connectivity index (χ1) is 13.9. The number of aryl methyl sites for hydroxylation is 2. The Hall–Kier alpha value is -2.39. The largest absolute Gasteiger partial charge is 0.465 e. The zero-order chi connectivity index (χ0) is 20.4. The quantitative estimate of drug-likeness (QED) is 0.633. The number of pyridine rings is 1. The predicted octanol–water partition coefficient (Wildman–Crippen LogP) is 3.35. The molecule has 1 amide bonds. The number of benzene rings is 1. The number of carboxylic acid groups (broad SMARTS) is 1. The van der Waals surface area contributed by atoms with Crippen LogP contribution in [0, 0.1) is 6.92 Å². The summed E-state index contributed by atoms with van der Waals surface area (Å²) in [6.07, 6.45) is 0.508. The Morgan fingerprint density at radius 1 is 1.31 bits per heavy atom. The lowest BCUT2D eigenvalue weighted by molar-refractivity contribution is -0.0283. The highest BCUT2D eigenvalue weighted by Crippen LogP contribution is 2.40. The normalized spacial score (nSPS) is 20.0. The molecule has 1 atom stereocenters. The number of hydrogen-bond donors (Lipinski definition) is 1. The minimum atomic E-state index is -0.973. The van der Waals surface area contributed by atoms with Crippen LogP contribution in [0.5, 0.6) is 0 Å². The average Bonchev–Trinajstić information content (AvgIpc) is 3.48. The number of aromatic nitrogens is 3. The van der Waals surface area contributed by atoms with Crippen molar-refractivity contribution in [1.82, 2.24) is 19.0 Å². The molecule has 8 nitrogen and oxygen atoms in total. The number of nitrogens with zero attached hydrogens (tertiary/aromatic N) is 4. The van der Waals surface area contributed by atoms with E-state index < -0.39 is 12.2 Å². The Morgan fingerprint density at radius 2 is 2.07 bits per heavy atom. The third-order valence-corrected chi connectivity index (χ3v) is 6.81. The van der Waals surface area contributed by atoms with Gasteiger partial charge in [-0.1, -0.05) is 15.9 Å². The molecule has 152 valence electrons. The minimum absolute atomic E-state index is 0.0936. The van der Waals surface area contributed by atoms with Gasteiger partial charge in [-0.25, -0.2) is 9.78 Å². The molecule has 1 saturated heterocycles. The summed E-state index contributed by atoms with van der Waals surface area (Å²) in [5.74, 6) is 0.582. The van der Waals surface area contributed by atoms with Crippen LogP contribution in [0.4, 0.5) is 4.79 Å². The molecule has 2 aliphatic rings. The van der Waals surface area contributed by atoms with Crippen molar-refractivity contribution in [2.45, 2.75) is 31.9 Å². The van der Waals surface area contributed by atoms with Gasteiger partial charge >= 0.3 is 6.09 Å². The maximum Gasteiger partial charge on any atom is 0.407 e. The highest BCUT2D eigenvalue weighted by molar-refractivity contribution is 9.10. The van der Waals surface area contributed by atoms with Crippen molar-refractivity contribution < 1.29 is 14.6 Å². The van der Waals surface area contributed by atoms with Crippen LogP contribution in [0.3, 0.4) is 0 Å². The number of amides is 1. The van der Waals surface area contributed by atoms with Gasteiger partial charge in [-0.05, 0) is 37.5 Å². The lowest BCUT2D eigenvalue weighted by Gasteiger charge is -2.30. The van der Waals surface area contributed by atoms with Gasteiger partial charge in [0, 0.05) is 29.5 Å². The molecule has 9 heteroatoms. The Bertz CT molecular complexity index is 1230. The summed E-state index contributed by atoms with van der Waals surface area (Å²) in [7, 11) is 1.87. The lowest BCUT2D eigenvalue weighted by atomic mass is 10.1. The number of ether oxygens (including phenoxy) is 1. The predicted molar refractivity (Wildman–Crippen MR) is 111 cm³/mol. The molecule has 0 unspecified atom stereocenters. The van der Waals surface area contributed by atoms with Crippen LogP contribution >= 0.6 is 15.9 Å². The minimum Gasteiger partial charge on any atom is -0.465 e. The number of fused-ring (bicyclic) bond motifs is 3. The molecule has 5 rings (SSSR count). The third-order valence-electron chi connectivity index (χ3n) is 5.95. The first-order valence-corrected chi connectivity index (χ1v) is 10.5. The summed E-state index contributed by atoms with van der Waals surface area (Å²) in [5, 5.41) is 10.3. The Morgan fingerprint density at radius 3 is 2.76 bits per heavy atom. The molecule has 0 bridgehead atoms. The second-order valence-electron chi connectivity index (χ2n) is 7.79. The fourth-order valence-corrected chi connectivity index (χ4v) is 4.63. The van der Waals surface area contributed by atoms with Gasteiger partial charge in [-0.2, -0.15) is 0 Å². The average molecular weight is 461 g/mol. The monoisotopic (exact) mass is 460 g/mol. The van der Waals surface area contributed by atoms with Crippen molar-refractivity contribution in [3.05, 3.63) is 38.3 Å². The van der Waals surface area contributed by atoms with Crippen LogP contribution in [-0.2, 0) is 11.8 Å². The first kappa shape index (κ1) is 18.6. The van der Waals surface area contributed by atoms with E-state index in [0.717, 1.165) is 39.3 Å². The molecule has 0 radical (unpaired) electrons. The van der Waals surface area contributed by atoms with Crippen molar-refractivity contribution >= 4 is 44.0 Å². The fourth-order valence-electron chi connectivity index (χ4n) is 4.31. The van der Waals surface area contributed by atoms with Crippen LogP contribution < -0.4 is 5.56 Å². The Kier molecular flexibility index (Phi) is 4.22. The van der Waals surface area contributed by atoms with Gasteiger partial charge < -0.3 is 23.9 Å². The van der Waals surface area contributed by atoms with E-state index in [-0.39, 0.29) is 18.1 Å². The second kappa shape index (κ2) is 6.56. The Balaban J connectivity index is 1.78. The molecule has 1 aliphatic carbocycles. The van der Waals surface area contributed by atoms with Gasteiger partial charge in [-0.3, -0.25) is 4.79 Å². The topological polar surface area (TPSA) is 89.6 Å². The van der Waals surface area contributed by atoms with Crippen molar-refractivity contribution in [3.8, 4) is 0 Å². The van der Waals surface area contributed by atoms with Gasteiger partial charge in [0.15, 0.2) is 5.52 Å². The first-order valence-electron chi connectivity index (χ1n) is 9.67. The Labute approximate surface area is 174 Å². The molecule has 1 saturated carbocycles. The molecular formula is C20H21BrN4O4. The van der Waals surface area contributed by atoms with Crippen LogP contribution in [0.25, 0.3) is 21.9 Å². The number of carbonyl (C=O) groups is 1. The van der Waals surface area contributed by atoms with Crippen molar-refractivity contribution in [2.24, 2.45) is 7.05 Å². The van der Waals surface area contributed by atoms with E-state index in [0.29, 0.717) is 24.5 Å². The van der Waals surface area contributed by atoms with Crippen molar-refractivity contribution in [2.75, 3.05) is 19.7 Å². The maximum atomic E-state index is 13.4. The van der Waals surface area contributed by atoms with Gasteiger partial charge in [-0.15, -0.1) is 0 Å². The van der Waals surface area contributed by atoms with Crippen molar-refractivity contribution in [1.29, 1.82) is 0 Å². The van der Waals surface area contributed by atoms with Crippen LogP contribution in [0.2, 0.25) is 0 Å². The molecule has 1 aromatic carbocycles. The summed E-state index contributed by atoms with van der Waals surface area (Å²) < 4.78 is 10.6.